The third-order valence-corrected chi connectivity index (χ3v) is 7.32. The van der Waals surface area contributed by atoms with Crippen molar-refractivity contribution >= 4 is 17.8 Å². The average molecular weight is 413 g/mol. The number of carbonyl (C=O) groups excluding carboxylic acids is 3. The predicted molar refractivity (Wildman–Crippen MR) is 113 cm³/mol. The quantitative estimate of drug-likeness (QED) is 0.768. The second kappa shape index (κ2) is 8.40. The van der Waals surface area contributed by atoms with Crippen LogP contribution < -0.4 is 5.32 Å². The molecule has 0 radical (unpaired) electrons. The molecule has 0 saturated heterocycles. The Labute approximate surface area is 178 Å². The maximum absolute atomic E-state index is 13.7. The van der Waals surface area contributed by atoms with Crippen LogP contribution in [0.3, 0.4) is 0 Å². The number of hydrogen-bond donors (Lipinski definition) is 1. The molecule has 2 aliphatic carbocycles. The number of nitrogens with one attached hydrogen (secondary N) is 1. The van der Waals surface area contributed by atoms with Gasteiger partial charge in [0.25, 0.3) is 5.91 Å². The standard InChI is InChI=1S/C24H32N2O4/c1-16(23(29)30-2)25-21(27)20-18-12-6-7-13-19(18)22(28)26(17-10-4-5-11-17)24(20)14-8-3-9-15-24/h6-7,12-13,16-17,20H,3-5,8-11,14-15H2,1-2H3,(H,25,27)/t16-,20?/m0/s1. The van der Waals surface area contributed by atoms with Crippen LogP contribution in [0.4, 0.5) is 0 Å². The minimum absolute atomic E-state index is 0.0736. The molecule has 1 unspecified atom stereocenters. The van der Waals surface area contributed by atoms with Crippen molar-refractivity contribution in [3.8, 4) is 0 Å². The number of hydrogen-bond acceptors (Lipinski definition) is 4. The summed E-state index contributed by atoms with van der Waals surface area (Å²) in [6.45, 7) is 1.64. The van der Waals surface area contributed by atoms with Gasteiger partial charge in [0.1, 0.15) is 6.04 Å². The van der Waals surface area contributed by atoms with E-state index in [4.69, 9.17) is 4.74 Å². The van der Waals surface area contributed by atoms with Gasteiger partial charge in [0.15, 0.2) is 0 Å². The summed E-state index contributed by atoms with van der Waals surface area (Å²) < 4.78 is 4.81. The highest BCUT2D eigenvalue weighted by atomic mass is 16.5. The van der Waals surface area contributed by atoms with E-state index in [0.29, 0.717) is 5.56 Å². The largest absolute Gasteiger partial charge is 0.467 e. The van der Waals surface area contributed by atoms with Crippen molar-refractivity contribution in [3.63, 3.8) is 0 Å². The highest BCUT2D eigenvalue weighted by molar-refractivity contribution is 6.02. The van der Waals surface area contributed by atoms with Crippen LogP contribution in [-0.4, -0.2) is 47.4 Å². The topological polar surface area (TPSA) is 75.7 Å². The van der Waals surface area contributed by atoms with Crippen LogP contribution in [0, 0.1) is 0 Å². The van der Waals surface area contributed by atoms with Gasteiger partial charge in [-0.2, -0.15) is 0 Å². The smallest absolute Gasteiger partial charge is 0.328 e. The molecule has 1 heterocycles. The number of amides is 2. The second-order valence-electron chi connectivity index (χ2n) is 9.05. The molecule has 0 aromatic heterocycles. The zero-order chi connectivity index (χ0) is 21.3. The molecule has 2 amide bonds. The molecule has 30 heavy (non-hydrogen) atoms. The first-order valence-corrected chi connectivity index (χ1v) is 11.3. The summed E-state index contributed by atoms with van der Waals surface area (Å²) in [5.74, 6) is -1.05. The van der Waals surface area contributed by atoms with Crippen molar-refractivity contribution in [3.05, 3.63) is 35.4 Å². The zero-order valence-corrected chi connectivity index (χ0v) is 18.0. The van der Waals surface area contributed by atoms with Crippen LogP contribution in [0.1, 0.15) is 86.6 Å². The van der Waals surface area contributed by atoms with Crippen LogP contribution >= 0.6 is 0 Å². The molecule has 6 heteroatoms. The Morgan fingerprint density at radius 2 is 1.77 bits per heavy atom. The summed E-state index contributed by atoms with van der Waals surface area (Å²) in [7, 11) is 1.32. The fourth-order valence-corrected chi connectivity index (χ4v) is 6.01. The molecular formula is C24H32N2O4. The molecule has 2 fully saturated rings. The minimum Gasteiger partial charge on any atom is -0.467 e. The summed E-state index contributed by atoms with van der Waals surface area (Å²) in [4.78, 5) is 41.5. The molecule has 162 valence electrons. The van der Waals surface area contributed by atoms with Crippen molar-refractivity contribution in [2.75, 3.05) is 7.11 Å². The molecule has 1 spiro atoms. The van der Waals surface area contributed by atoms with E-state index in [1.165, 1.54) is 7.11 Å². The van der Waals surface area contributed by atoms with Gasteiger partial charge >= 0.3 is 5.97 Å². The van der Waals surface area contributed by atoms with Gasteiger partial charge in [0.2, 0.25) is 5.91 Å². The minimum atomic E-state index is -0.729. The first-order valence-electron chi connectivity index (χ1n) is 11.3. The summed E-state index contributed by atoms with van der Waals surface area (Å²) >= 11 is 0. The molecule has 2 atom stereocenters. The molecule has 1 aliphatic heterocycles. The van der Waals surface area contributed by atoms with Crippen LogP contribution in [-0.2, 0) is 14.3 Å². The third-order valence-electron chi connectivity index (χ3n) is 7.32. The Hall–Kier alpha value is -2.37. The number of methoxy groups -OCH3 is 1. The molecule has 1 N–H and O–H groups in total. The molecule has 4 rings (SSSR count). The Balaban J connectivity index is 1.81. The van der Waals surface area contributed by atoms with Crippen LogP contribution in [0.5, 0.6) is 0 Å². The van der Waals surface area contributed by atoms with Gasteiger partial charge < -0.3 is 15.0 Å². The second-order valence-corrected chi connectivity index (χ2v) is 9.05. The lowest BCUT2D eigenvalue weighted by Gasteiger charge is -2.56. The maximum atomic E-state index is 13.7. The van der Waals surface area contributed by atoms with Gasteiger partial charge in [0.05, 0.1) is 18.6 Å². The van der Waals surface area contributed by atoms with Gasteiger partial charge in [-0.15, -0.1) is 0 Å². The molecule has 6 nitrogen and oxygen atoms in total. The predicted octanol–water partition coefficient (Wildman–Crippen LogP) is 3.55. The van der Waals surface area contributed by atoms with Gasteiger partial charge in [-0.3, -0.25) is 9.59 Å². The van der Waals surface area contributed by atoms with Crippen LogP contribution in [0.15, 0.2) is 24.3 Å². The van der Waals surface area contributed by atoms with E-state index in [1.54, 1.807) is 6.92 Å². The maximum Gasteiger partial charge on any atom is 0.328 e. The number of ether oxygens (including phenoxy) is 1. The molecule has 1 aromatic rings. The van der Waals surface area contributed by atoms with Crippen molar-refractivity contribution in [1.82, 2.24) is 10.2 Å². The molecule has 2 saturated carbocycles. The average Bonchev–Trinajstić information content (AvgIpc) is 3.28. The lowest BCUT2D eigenvalue weighted by Crippen LogP contribution is -2.65. The molecule has 3 aliphatic rings. The van der Waals surface area contributed by atoms with E-state index in [0.717, 1.165) is 63.4 Å². The number of benzene rings is 1. The highest BCUT2D eigenvalue weighted by Gasteiger charge is 2.56. The summed E-state index contributed by atoms with van der Waals surface area (Å²) in [5, 5.41) is 2.89. The Kier molecular flexibility index (Phi) is 5.85. The van der Waals surface area contributed by atoms with E-state index < -0.39 is 23.5 Å². The van der Waals surface area contributed by atoms with Crippen molar-refractivity contribution < 1.29 is 19.1 Å². The lowest BCUT2D eigenvalue weighted by molar-refractivity contribution is -0.145. The van der Waals surface area contributed by atoms with Gasteiger partial charge in [-0.05, 0) is 44.2 Å². The van der Waals surface area contributed by atoms with Gasteiger partial charge in [-0.25, -0.2) is 4.79 Å². The third kappa shape index (κ3) is 3.40. The fourth-order valence-electron chi connectivity index (χ4n) is 6.01. The first-order chi connectivity index (χ1) is 14.5. The van der Waals surface area contributed by atoms with E-state index in [-0.39, 0.29) is 17.9 Å². The van der Waals surface area contributed by atoms with Crippen molar-refractivity contribution in [2.24, 2.45) is 0 Å². The zero-order valence-electron chi connectivity index (χ0n) is 18.0. The molecule has 1 aromatic carbocycles. The van der Waals surface area contributed by atoms with Gasteiger partial charge in [0, 0.05) is 11.6 Å². The monoisotopic (exact) mass is 412 g/mol. The van der Waals surface area contributed by atoms with Crippen molar-refractivity contribution in [1.29, 1.82) is 0 Å². The van der Waals surface area contributed by atoms with Crippen molar-refractivity contribution in [2.45, 2.75) is 88.3 Å². The Bertz CT molecular complexity index is 824. The Morgan fingerprint density at radius 1 is 1.10 bits per heavy atom. The summed E-state index contributed by atoms with van der Waals surface area (Å²) in [6.07, 6.45) is 9.06. The SMILES string of the molecule is COC(=O)[C@H](C)NC(=O)C1c2ccccc2C(=O)N(C2CCCC2)C12CCCCC2. The number of esters is 1. The number of nitrogens with zero attached hydrogens (tertiary/aromatic N) is 1. The fraction of sp³-hybridized carbons (Fsp3) is 0.625. The van der Waals surface area contributed by atoms with Crippen LogP contribution in [0.2, 0.25) is 0 Å². The normalized spacial score (nSPS) is 24.4. The summed E-state index contributed by atoms with van der Waals surface area (Å²) in [6, 6.07) is 7.00. The molecular weight excluding hydrogens is 380 g/mol. The Morgan fingerprint density at radius 3 is 2.43 bits per heavy atom. The number of rotatable bonds is 4. The van der Waals surface area contributed by atoms with E-state index >= 15 is 0 Å². The molecule has 0 bridgehead atoms. The summed E-state index contributed by atoms with van der Waals surface area (Å²) in [5.41, 5.74) is 0.915. The highest BCUT2D eigenvalue weighted by Crippen LogP contribution is 2.51. The lowest BCUT2D eigenvalue weighted by atomic mass is 9.64. The number of carbonyl (C=O) groups is 3. The van der Waals surface area contributed by atoms with Gasteiger partial charge in [-0.1, -0.05) is 50.3 Å². The van der Waals surface area contributed by atoms with E-state index in [2.05, 4.69) is 10.2 Å². The van der Waals surface area contributed by atoms with Crippen LogP contribution in [0.25, 0.3) is 0 Å². The number of fused-ring (bicyclic) bond motifs is 1. The van der Waals surface area contributed by atoms with E-state index in [9.17, 15) is 14.4 Å². The van der Waals surface area contributed by atoms with E-state index in [1.807, 2.05) is 24.3 Å². The first kappa shape index (κ1) is 20.9.